The first kappa shape index (κ1) is 16.5. The number of hydrogen-bond acceptors (Lipinski definition) is 4. The zero-order chi connectivity index (χ0) is 17.4. The van der Waals surface area contributed by atoms with E-state index in [1.807, 2.05) is 4.72 Å². The number of rotatable bonds is 5. The third-order valence-corrected chi connectivity index (χ3v) is 4.79. The Balaban J connectivity index is 1.86. The molecule has 3 N–H and O–H groups in total. The van der Waals surface area contributed by atoms with E-state index < -0.39 is 33.7 Å². The van der Waals surface area contributed by atoms with Gasteiger partial charge >= 0.3 is 6.18 Å². The van der Waals surface area contributed by atoms with Crippen molar-refractivity contribution in [3.63, 3.8) is 0 Å². The van der Waals surface area contributed by atoms with Crippen LogP contribution in [0.4, 0.5) is 13.2 Å². The second-order valence-corrected chi connectivity index (χ2v) is 6.68. The van der Waals surface area contributed by atoms with Gasteiger partial charge in [-0.25, -0.2) is 18.1 Å². The molecular formula is C13H12F3N5O2S. The molecule has 1 atom stereocenters. The topological polar surface area (TPSA) is 104 Å². The Kier molecular flexibility index (Phi) is 4.05. The number of aromatic amines is 2. The van der Waals surface area contributed by atoms with E-state index >= 15 is 0 Å². The SMILES string of the molecule is O=S(=O)(NCC(c1ccc[nH]1)C(F)(F)F)c1n[nH]c2ncccc12. The number of pyridine rings is 1. The zero-order valence-electron chi connectivity index (χ0n) is 12.0. The van der Waals surface area contributed by atoms with Crippen LogP contribution in [0.25, 0.3) is 11.0 Å². The van der Waals surface area contributed by atoms with Crippen LogP contribution >= 0.6 is 0 Å². The van der Waals surface area contributed by atoms with Gasteiger partial charge in [0, 0.05) is 24.6 Å². The van der Waals surface area contributed by atoms with Gasteiger partial charge in [0.05, 0.1) is 5.39 Å². The molecule has 0 aliphatic carbocycles. The molecule has 0 saturated heterocycles. The minimum atomic E-state index is -4.61. The number of aromatic nitrogens is 4. The molecule has 11 heteroatoms. The summed E-state index contributed by atoms with van der Waals surface area (Å²) in [6.45, 7) is -0.846. The smallest absolute Gasteiger partial charge is 0.364 e. The van der Waals surface area contributed by atoms with Crippen LogP contribution in [0, 0.1) is 0 Å². The summed E-state index contributed by atoms with van der Waals surface area (Å²) in [5.41, 5.74) is 0.105. The van der Waals surface area contributed by atoms with Gasteiger partial charge in [0.2, 0.25) is 5.03 Å². The van der Waals surface area contributed by atoms with Gasteiger partial charge in [-0.2, -0.15) is 18.3 Å². The third-order valence-electron chi connectivity index (χ3n) is 3.43. The van der Waals surface area contributed by atoms with Gasteiger partial charge in [-0.1, -0.05) is 0 Å². The number of fused-ring (bicyclic) bond motifs is 1. The van der Waals surface area contributed by atoms with Crippen LogP contribution in [0.15, 0.2) is 41.7 Å². The maximum absolute atomic E-state index is 13.2. The van der Waals surface area contributed by atoms with Gasteiger partial charge in [0.15, 0.2) is 5.65 Å². The second kappa shape index (κ2) is 5.91. The molecule has 0 aliphatic rings. The third kappa shape index (κ3) is 3.12. The summed E-state index contributed by atoms with van der Waals surface area (Å²) in [4.78, 5) is 6.35. The van der Waals surface area contributed by atoms with E-state index in [4.69, 9.17) is 0 Å². The van der Waals surface area contributed by atoms with Crippen molar-refractivity contribution in [3.05, 3.63) is 42.4 Å². The molecule has 3 aromatic heterocycles. The van der Waals surface area contributed by atoms with Crippen LogP contribution in [0.3, 0.4) is 0 Å². The molecule has 0 fully saturated rings. The normalized spacial score (nSPS) is 14.1. The highest BCUT2D eigenvalue weighted by atomic mass is 32.2. The standard InChI is InChI=1S/C13H12F3N5O2S/c14-13(15,16)9(10-4-2-5-17-10)7-19-24(22,23)12-8-3-1-6-18-11(8)20-21-12/h1-6,9,17,19H,7H2,(H,18,20,21). The largest absolute Gasteiger partial charge is 0.398 e. The van der Waals surface area contributed by atoms with E-state index in [2.05, 4.69) is 20.2 Å². The Morgan fingerprint density at radius 3 is 2.71 bits per heavy atom. The number of halogens is 3. The van der Waals surface area contributed by atoms with E-state index in [0.29, 0.717) is 0 Å². The summed E-state index contributed by atoms with van der Waals surface area (Å²) in [5.74, 6) is -1.99. The lowest BCUT2D eigenvalue weighted by Gasteiger charge is -2.19. The summed E-state index contributed by atoms with van der Waals surface area (Å²) in [6.07, 6.45) is -1.83. The van der Waals surface area contributed by atoms with Crippen molar-refractivity contribution in [3.8, 4) is 0 Å². The van der Waals surface area contributed by atoms with Crippen molar-refractivity contribution < 1.29 is 21.6 Å². The van der Waals surface area contributed by atoms with E-state index in [9.17, 15) is 21.6 Å². The van der Waals surface area contributed by atoms with Crippen LogP contribution in [-0.2, 0) is 10.0 Å². The van der Waals surface area contributed by atoms with Crippen molar-refractivity contribution in [1.82, 2.24) is 24.9 Å². The summed E-state index contributed by atoms with van der Waals surface area (Å²) < 4.78 is 66.1. The fraction of sp³-hybridized carbons (Fsp3) is 0.231. The molecule has 0 aromatic carbocycles. The molecule has 3 rings (SSSR count). The van der Waals surface area contributed by atoms with Crippen molar-refractivity contribution in [2.45, 2.75) is 17.1 Å². The van der Waals surface area contributed by atoms with Crippen LogP contribution in [0.5, 0.6) is 0 Å². The minimum Gasteiger partial charge on any atom is -0.364 e. The fourth-order valence-corrected chi connectivity index (χ4v) is 3.40. The van der Waals surface area contributed by atoms with E-state index in [0.717, 1.165) is 0 Å². The molecule has 0 radical (unpaired) electrons. The van der Waals surface area contributed by atoms with Crippen molar-refractivity contribution >= 4 is 21.1 Å². The van der Waals surface area contributed by atoms with Crippen molar-refractivity contribution in [2.24, 2.45) is 0 Å². The summed E-state index contributed by atoms with van der Waals surface area (Å²) >= 11 is 0. The van der Waals surface area contributed by atoms with Crippen LogP contribution in [0.1, 0.15) is 11.6 Å². The van der Waals surface area contributed by atoms with Gasteiger partial charge in [-0.3, -0.25) is 5.10 Å². The lowest BCUT2D eigenvalue weighted by molar-refractivity contribution is -0.149. The lowest BCUT2D eigenvalue weighted by Crippen LogP contribution is -2.35. The Hall–Kier alpha value is -2.40. The molecule has 24 heavy (non-hydrogen) atoms. The van der Waals surface area contributed by atoms with E-state index in [1.165, 1.54) is 36.7 Å². The highest BCUT2D eigenvalue weighted by molar-refractivity contribution is 7.89. The Morgan fingerprint density at radius 2 is 2.04 bits per heavy atom. The van der Waals surface area contributed by atoms with Gasteiger partial charge in [0.25, 0.3) is 10.0 Å². The predicted molar refractivity (Wildman–Crippen MR) is 78.7 cm³/mol. The van der Waals surface area contributed by atoms with Crippen LogP contribution in [-0.4, -0.2) is 41.3 Å². The molecule has 0 amide bonds. The Bertz CT molecular complexity index is 934. The van der Waals surface area contributed by atoms with Crippen molar-refractivity contribution in [1.29, 1.82) is 0 Å². The minimum absolute atomic E-state index is 0.126. The quantitative estimate of drug-likeness (QED) is 0.647. The molecule has 7 nitrogen and oxygen atoms in total. The Labute approximate surface area is 134 Å². The Morgan fingerprint density at radius 1 is 1.25 bits per heavy atom. The molecule has 0 aliphatic heterocycles. The van der Waals surface area contributed by atoms with Crippen LogP contribution in [0.2, 0.25) is 0 Å². The van der Waals surface area contributed by atoms with Crippen molar-refractivity contribution in [2.75, 3.05) is 6.54 Å². The first-order valence-corrected chi connectivity index (χ1v) is 8.26. The monoisotopic (exact) mass is 359 g/mol. The highest BCUT2D eigenvalue weighted by Gasteiger charge is 2.42. The summed E-state index contributed by atoms with van der Waals surface area (Å²) in [7, 11) is -4.24. The second-order valence-electron chi connectivity index (χ2n) is 5.00. The summed E-state index contributed by atoms with van der Waals surface area (Å²) in [6, 6.07) is 5.64. The van der Waals surface area contributed by atoms with Gasteiger partial charge in [-0.05, 0) is 24.3 Å². The number of nitrogens with one attached hydrogen (secondary N) is 3. The molecule has 1 unspecified atom stereocenters. The molecular weight excluding hydrogens is 347 g/mol. The molecule has 0 spiro atoms. The maximum Gasteiger partial charge on any atom is 0.398 e. The first-order chi connectivity index (χ1) is 11.3. The van der Waals surface area contributed by atoms with Crippen LogP contribution < -0.4 is 4.72 Å². The fourth-order valence-electron chi connectivity index (χ4n) is 2.26. The van der Waals surface area contributed by atoms with E-state index in [-0.39, 0.29) is 16.7 Å². The predicted octanol–water partition coefficient (Wildman–Crippen LogP) is 1.91. The molecule has 128 valence electrons. The molecule has 0 bridgehead atoms. The van der Waals surface area contributed by atoms with Gasteiger partial charge in [-0.15, -0.1) is 0 Å². The maximum atomic E-state index is 13.2. The zero-order valence-corrected chi connectivity index (χ0v) is 12.8. The molecule has 0 saturated carbocycles. The number of sulfonamides is 1. The van der Waals surface area contributed by atoms with Gasteiger partial charge in [0.1, 0.15) is 5.92 Å². The number of nitrogens with zero attached hydrogens (tertiary/aromatic N) is 2. The molecule has 3 heterocycles. The van der Waals surface area contributed by atoms with Gasteiger partial charge < -0.3 is 4.98 Å². The summed E-state index contributed by atoms with van der Waals surface area (Å²) in [5, 5.41) is 5.89. The number of alkyl halides is 3. The molecule has 3 aromatic rings. The average molecular weight is 359 g/mol. The number of H-pyrrole nitrogens is 2. The first-order valence-electron chi connectivity index (χ1n) is 6.78. The average Bonchev–Trinajstić information content (AvgIpc) is 3.15. The van der Waals surface area contributed by atoms with E-state index in [1.54, 1.807) is 0 Å². The lowest BCUT2D eigenvalue weighted by atomic mass is 10.1. The highest BCUT2D eigenvalue weighted by Crippen LogP contribution is 2.33. The number of hydrogen-bond donors (Lipinski definition) is 3.